The lowest BCUT2D eigenvalue weighted by atomic mass is 10.1. The Bertz CT molecular complexity index is 1430. The molecule has 13 heteroatoms. The molecule has 0 saturated heterocycles. The summed E-state index contributed by atoms with van der Waals surface area (Å²) in [6.07, 6.45) is 1.12. The number of furan rings is 1. The molecule has 1 aliphatic rings. The van der Waals surface area contributed by atoms with Crippen molar-refractivity contribution in [3.63, 3.8) is 0 Å². The number of carbonyl (C=O) groups is 1. The van der Waals surface area contributed by atoms with E-state index in [9.17, 15) is 36.9 Å². The van der Waals surface area contributed by atoms with Gasteiger partial charge in [-0.3, -0.25) is 14.9 Å². The number of hydrogen-bond donors (Lipinski definition) is 0. The van der Waals surface area contributed by atoms with Gasteiger partial charge < -0.3 is 9.15 Å². The number of rotatable bonds is 5. The molecule has 0 radical (unpaired) electrons. The number of carbonyl (C=O) groups excluding carboxylic acids is 1. The zero-order valence-electron chi connectivity index (χ0n) is 17.7. The molecule has 35 heavy (non-hydrogen) atoms. The first kappa shape index (κ1) is 23.6. The Kier molecular flexibility index (Phi) is 5.84. The maximum Gasteiger partial charge on any atom is 0.284 e. The molecule has 4 rings (SSSR count). The van der Waals surface area contributed by atoms with E-state index in [1.165, 1.54) is 44.4 Å². The number of hydrogen-bond acceptors (Lipinski definition) is 6. The Balaban J connectivity index is 1.71. The quantitative estimate of drug-likeness (QED) is 0.119. The van der Waals surface area contributed by atoms with Gasteiger partial charge in [0.1, 0.15) is 23.0 Å². The lowest BCUT2D eigenvalue weighted by Crippen LogP contribution is -2.25. The number of nitro benzene ring substituents is 1. The predicted molar refractivity (Wildman–Crippen MR) is 112 cm³/mol. The fraction of sp³-hybridized carbons (Fsp3) is 0.0909. The number of methoxy groups -OCH3 is 1. The van der Waals surface area contributed by atoms with Gasteiger partial charge in [0.15, 0.2) is 23.3 Å². The van der Waals surface area contributed by atoms with Crippen LogP contribution in [0, 0.1) is 39.2 Å². The van der Waals surface area contributed by atoms with Crippen LogP contribution in [0.5, 0.6) is 5.75 Å². The summed E-state index contributed by atoms with van der Waals surface area (Å²) < 4.78 is 79.4. The minimum absolute atomic E-state index is 0.00211. The molecule has 0 aliphatic carbocycles. The maximum atomic E-state index is 14.2. The van der Waals surface area contributed by atoms with Crippen molar-refractivity contribution in [3.8, 4) is 17.1 Å². The highest BCUT2D eigenvalue weighted by Gasteiger charge is 2.37. The minimum atomic E-state index is -2.37. The van der Waals surface area contributed by atoms with E-state index in [1.54, 1.807) is 0 Å². The van der Waals surface area contributed by atoms with Gasteiger partial charge in [0, 0.05) is 0 Å². The van der Waals surface area contributed by atoms with Gasteiger partial charge in [-0.1, -0.05) is 0 Å². The van der Waals surface area contributed by atoms with Gasteiger partial charge in [0.05, 0.1) is 34.9 Å². The summed E-state index contributed by atoms with van der Waals surface area (Å²) in [6.45, 7) is 1.27. The van der Waals surface area contributed by atoms with E-state index < -0.39 is 45.6 Å². The number of anilines is 1. The molecule has 2 heterocycles. The minimum Gasteiger partial charge on any atom is -0.497 e. The Hall–Kier alpha value is -4.55. The average Bonchev–Trinajstić information content (AvgIpc) is 3.41. The van der Waals surface area contributed by atoms with E-state index in [-0.39, 0.29) is 44.8 Å². The summed E-state index contributed by atoms with van der Waals surface area (Å²) in [5.74, 6) is -12.2. The van der Waals surface area contributed by atoms with Crippen LogP contribution >= 0.6 is 0 Å². The Morgan fingerprint density at radius 3 is 2.26 bits per heavy atom. The zero-order chi connectivity index (χ0) is 25.6. The van der Waals surface area contributed by atoms with Crippen LogP contribution in [0.25, 0.3) is 17.4 Å². The fourth-order valence-corrected chi connectivity index (χ4v) is 3.33. The highest BCUT2D eigenvalue weighted by molar-refractivity contribution is 6.32. The van der Waals surface area contributed by atoms with Gasteiger partial charge in [-0.25, -0.2) is 22.0 Å². The second-order valence-corrected chi connectivity index (χ2v) is 7.12. The molecule has 3 aromatic rings. The SMILES string of the molecule is COc1ccc(-c2ccc(/C=C3\C(=O)N(c4c(F)c(F)c(F)c(F)c4F)N=C3C)o2)c([N+](=O)[O-])c1. The highest BCUT2D eigenvalue weighted by atomic mass is 19.2. The molecule has 8 nitrogen and oxygen atoms in total. The van der Waals surface area contributed by atoms with Crippen LogP contribution < -0.4 is 9.75 Å². The van der Waals surface area contributed by atoms with Crippen molar-refractivity contribution in [2.24, 2.45) is 5.10 Å². The second-order valence-electron chi connectivity index (χ2n) is 7.12. The van der Waals surface area contributed by atoms with Gasteiger partial charge in [0.2, 0.25) is 5.82 Å². The second kappa shape index (κ2) is 8.66. The van der Waals surface area contributed by atoms with E-state index >= 15 is 0 Å². The molecule has 0 N–H and O–H groups in total. The van der Waals surface area contributed by atoms with Crippen LogP contribution in [0.1, 0.15) is 12.7 Å². The van der Waals surface area contributed by atoms with E-state index in [1.807, 2.05) is 0 Å². The zero-order valence-corrected chi connectivity index (χ0v) is 17.7. The van der Waals surface area contributed by atoms with Crippen molar-refractivity contribution in [3.05, 3.63) is 80.9 Å². The van der Waals surface area contributed by atoms with Crippen LogP contribution in [-0.2, 0) is 4.79 Å². The van der Waals surface area contributed by atoms with Crippen molar-refractivity contribution in [2.45, 2.75) is 6.92 Å². The summed E-state index contributed by atoms with van der Waals surface area (Å²) in [5.41, 5.74) is -2.11. The van der Waals surface area contributed by atoms with E-state index in [2.05, 4.69) is 5.10 Å². The molecule has 0 bridgehead atoms. The van der Waals surface area contributed by atoms with Crippen LogP contribution in [0.4, 0.5) is 33.3 Å². The third-order valence-electron chi connectivity index (χ3n) is 5.04. The predicted octanol–water partition coefficient (Wildman–Crippen LogP) is 5.37. The molecular weight excluding hydrogens is 481 g/mol. The number of nitrogens with zero attached hydrogens (tertiary/aromatic N) is 3. The highest BCUT2D eigenvalue weighted by Crippen LogP contribution is 2.36. The molecule has 0 spiro atoms. The number of amides is 1. The van der Waals surface area contributed by atoms with E-state index in [0.29, 0.717) is 0 Å². The summed E-state index contributed by atoms with van der Waals surface area (Å²) in [7, 11) is 1.34. The lowest BCUT2D eigenvalue weighted by molar-refractivity contribution is -0.384. The molecule has 2 aromatic carbocycles. The summed E-state index contributed by atoms with van der Waals surface area (Å²) >= 11 is 0. The first-order valence-corrected chi connectivity index (χ1v) is 9.61. The first-order chi connectivity index (χ1) is 16.5. The number of ether oxygens (including phenoxy) is 1. The standard InChI is InChI=1S/C22H12F5N3O5/c1-9-13(22(31)29(28-9)21-19(26)17(24)16(23)18(25)20(21)27)7-11-4-6-15(35-11)12-5-3-10(34-2)8-14(12)30(32)33/h3-8H,1-2H3/b13-7-. The van der Waals surface area contributed by atoms with Crippen LogP contribution in [0.3, 0.4) is 0 Å². The Morgan fingerprint density at radius 2 is 1.66 bits per heavy atom. The third-order valence-corrected chi connectivity index (χ3v) is 5.04. The largest absolute Gasteiger partial charge is 0.497 e. The molecule has 1 aromatic heterocycles. The number of hydrazone groups is 1. The van der Waals surface area contributed by atoms with Crippen molar-refractivity contribution < 1.29 is 40.8 Å². The number of halogens is 5. The molecule has 0 fully saturated rings. The van der Waals surface area contributed by atoms with Gasteiger partial charge in [-0.2, -0.15) is 10.1 Å². The summed E-state index contributed by atoms with van der Waals surface area (Å²) in [5, 5.41) is 15.1. The summed E-state index contributed by atoms with van der Waals surface area (Å²) in [4.78, 5) is 23.5. The van der Waals surface area contributed by atoms with E-state index in [0.717, 1.165) is 6.08 Å². The van der Waals surface area contributed by atoms with Crippen molar-refractivity contribution >= 4 is 29.1 Å². The fourth-order valence-electron chi connectivity index (χ4n) is 3.33. The lowest BCUT2D eigenvalue weighted by Gasteiger charge is -2.14. The molecule has 0 saturated carbocycles. The van der Waals surface area contributed by atoms with Gasteiger partial charge in [-0.15, -0.1) is 0 Å². The van der Waals surface area contributed by atoms with Crippen molar-refractivity contribution in [1.29, 1.82) is 0 Å². The molecule has 180 valence electrons. The van der Waals surface area contributed by atoms with Crippen molar-refractivity contribution in [1.82, 2.24) is 0 Å². The van der Waals surface area contributed by atoms with Gasteiger partial charge in [-0.05, 0) is 37.3 Å². The van der Waals surface area contributed by atoms with Crippen LogP contribution in [-0.4, -0.2) is 23.7 Å². The average molecular weight is 493 g/mol. The van der Waals surface area contributed by atoms with E-state index in [4.69, 9.17) is 9.15 Å². The maximum absolute atomic E-state index is 14.2. The first-order valence-electron chi connectivity index (χ1n) is 9.61. The Morgan fingerprint density at radius 1 is 1.03 bits per heavy atom. The van der Waals surface area contributed by atoms with Crippen molar-refractivity contribution in [2.75, 3.05) is 12.1 Å². The van der Waals surface area contributed by atoms with Crippen LogP contribution in [0.2, 0.25) is 0 Å². The summed E-state index contributed by atoms with van der Waals surface area (Å²) in [6, 6.07) is 6.80. The molecular formula is C22H12F5N3O5. The molecule has 0 atom stereocenters. The van der Waals surface area contributed by atoms with Crippen LogP contribution in [0.15, 0.2) is 45.4 Å². The molecule has 0 unspecified atom stereocenters. The third kappa shape index (κ3) is 3.90. The number of benzene rings is 2. The van der Waals surface area contributed by atoms with Gasteiger partial charge in [0.25, 0.3) is 11.6 Å². The normalized spacial score (nSPS) is 14.6. The van der Waals surface area contributed by atoms with Gasteiger partial charge >= 0.3 is 0 Å². The topological polar surface area (TPSA) is 98.2 Å². The monoisotopic (exact) mass is 493 g/mol. The smallest absolute Gasteiger partial charge is 0.284 e. The molecule has 1 aliphatic heterocycles. The Labute approximate surface area is 192 Å². The molecule has 1 amide bonds. The number of nitro groups is 1.